The van der Waals surface area contributed by atoms with Crippen LogP contribution < -0.4 is 5.32 Å². The van der Waals surface area contributed by atoms with E-state index < -0.39 is 6.10 Å². The Morgan fingerprint density at radius 2 is 2.19 bits per heavy atom. The van der Waals surface area contributed by atoms with Gasteiger partial charge in [0, 0.05) is 17.5 Å². The van der Waals surface area contributed by atoms with E-state index >= 15 is 0 Å². The molecule has 3 nitrogen and oxygen atoms in total. The summed E-state index contributed by atoms with van der Waals surface area (Å²) < 4.78 is 0. The Morgan fingerprint density at radius 3 is 3.00 bits per heavy atom. The zero-order valence-electron chi connectivity index (χ0n) is 12.6. The highest BCUT2D eigenvalue weighted by Gasteiger charge is 2.24. The van der Waals surface area contributed by atoms with Crippen LogP contribution in [0.25, 0.3) is 0 Å². The first-order valence-electron chi connectivity index (χ1n) is 7.58. The van der Waals surface area contributed by atoms with Crippen LogP contribution in [0, 0.1) is 13.8 Å². The number of rotatable bonds is 4. The topological polar surface area (TPSA) is 45.2 Å². The number of nitrogens with one attached hydrogen (secondary N) is 1. The van der Waals surface area contributed by atoms with Crippen molar-refractivity contribution >= 4 is 11.3 Å². The van der Waals surface area contributed by atoms with E-state index in [4.69, 9.17) is 0 Å². The van der Waals surface area contributed by atoms with Crippen molar-refractivity contribution in [2.24, 2.45) is 0 Å². The predicted molar refractivity (Wildman–Crippen MR) is 86.7 cm³/mol. The average molecular weight is 302 g/mol. The van der Waals surface area contributed by atoms with Crippen LogP contribution in [0.15, 0.2) is 24.3 Å². The molecule has 2 N–H and O–H groups in total. The average Bonchev–Trinajstić information content (AvgIpc) is 2.86. The number of hydrogen-bond acceptors (Lipinski definition) is 4. The van der Waals surface area contributed by atoms with Crippen molar-refractivity contribution in [3.05, 3.63) is 51.0 Å². The first-order chi connectivity index (χ1) is 10.1. The summed E-state index contributed by atoms with van der Waals surface area (Å²) in [6, 6.07) is 8.39. The molecule has 0 fully saturated rings. The standard InChI is InChI=1S/C17H22N2OS/c1-11-6-3-4-7-13(11)16(20)10-18-14-8-5-9-15-17(14)21-12(2)19-15/h3-4,6-7,14,16,18,20H,5,8-10H2,1-2H3. The summed E-state index contributed by atoms with van der Waals surface area (Å²) in [5, 5.41) is 15.1. The van der Waals surface area contributed by atoms with Crippen molar-refractivity contribution in [3.8, 4) is 0 Å². The highest BCUT2D eigenvalue weighted by Crippen LogP contribution is 2.34. The largest absolute Gasteiger partial charge is 0.387 e. The highest BCUT2D eigenvalue weighted by molar-refractivity contribution is 7.11. The molecule has 4 heteroatoms. The van der Waals surface area contributed by atoms with Gasteiger partial charge in [-0.05, 0) is 44.2 Å². The van der Waals surface area contributed by atoms with Crippen LogP contribution in [0.2, 0.25) is 0 Å². The van der Waals surface area contributed by atoms with Crippen LogP contribution in [0.3, 0.4) is 0 Å². The molecule has 0 saturated heterocycles. The number of aromatic nitrogens is 1. The quantitative estimate of drug-likeness (QED) is 0.909. The molecule has 0 bridgehead atoms. The first kappa shape index (κ1) is 14.7. The van der Waals surface area contributed by atoms with Crippen molar-refractivity contribution in [1.29, 1.82) is 0 Å². The molecule has 1 aliphatic rings. The number of benzene rings is 1. The van der Waals surface area contributed by atoms with Crippen LogP contribution in [0.1, 0.15) is 51.7 Å². The van der Waals surface area contributed by atoms with Crippen LogP contribution in [0.4, 0.5) is 0 Å². The van der Waals surface area contributed by atoms with Crippen molar-refractivity contribution in [2.75, 3.05) is 6.54 Å². The number of aryl methyl sites for hydroxylation is 3. The van der Waals surface area contributed by atoms with Gasteiger partial charge in [0.2, 0.25) is 0 Å². The molecule has 1 aromatic carbocycles. The second-order valence-electron chi connectivity index (χ2n) is 5.77. The second kappa shape index (κ2) is 6.26. The highest BCUT2D eigenvalue weighted by atomic mass is 32.1. The molecule has 2 atom stereocenters. The summed E-state index contributed by atoms with van der Waals surface area (Å²) in [4.78, 5) is 5.99. The molecule has 1 heterocycles. The predicted octanol–water partition coefficient (Wildman–Crippen LogP) is 3.46. The van der Waals surface area contributed by atoms with Crippen LogP contribution in [-0.2, 0) is 6.42 Å². The third kappa shape index (κ3) is 3.18. The third-order valence-electron chi connectivity index (χ3n) is 4.16. The van der Waals surface area contributed by atoms with E-state index in [1.807, 2.05) is 31.2 Å². The Bertz CT molecular complexity index is 623. The zero-order valence-corrected chi connectivity index (χ0v) is 13.4. The molecular formula is C17H22N2OS. The molecule has 1 aromatic heterocycles. The smallest absolute Gasteiger partial charge is 0.0917 e. The van der Waals surface area contributed by atoms with Gasteiger partial charge in [-0.1, -0.05) is 24.3 Å². The summed E-state index contributed by atoms with van der Waals surface area (Å²) >= 11 is 1.79. The van der Waals surface area contributed by atoms with E-state index in [-0.39, 0.29) is 0 Å². The van der Waals surface area contributed by atoms with Crippen molar-refractivity contribution in [1.82, 2.24) is 10.3 Å². The van der Waals surface area contributed by atoms with Crippen molar-refractivity contribution in [2.45, 2.75) is 45.3 Å². The molecule has 21 heavy (non-hydrogen) atoms. The summed E-state index contributed by atoms with van der Waals surface area (Å²) in [6.45, 7) is 4.71. The number of hydrogen-bond donors (Lipinski definition) is 2. The van der Waals surface area contributed by atoms with Gasteiger partial charge in [0.05, 0.1) is 16.8 Å². The lowest BCUT2D eigenvalue weighted by Crippen LogP contribution is -2.28. The molecule has 0 amide bonds. The number of aliphatic hydroxyl groups is 1. The number of nitrogens with zero attached hydrogens (tertiary/aromatic N) is 1. The van der Waals surface area contributed by atoms with E-state index in [2.05, 4.69) is 17.2 Å². The minimum absolute atomic E-state index is 0.346. The number of thiazole rings is 1. The summed E-state index contributed by atoms with van der Waals surface area (Å²) in [5.41, 5.74) is 3.41. The summed E-state index contributed by atoms with van der Waals surface area (Å²) in [5.74, 6) is 0. The SMILES string of the molecule is Cc1nc2c(s1)C(NCC(O)c1ccccc1C)CCC2. The Kier molecular flexibility index (Phi) is 4.38. The molecule has 0 saturated carbocycles. The summed E-state index contributed by atoms with van der Waals surface area (Å²) in [6.07, 6.45) is 2.95. The van der Waals surface area contributed by atoms with Crippen molar-refractivity contribution < 1.29 is 5.11 Å². The van der Waals surface area contributed by atoms with Crippen LogP contribution in [-0.4, -0.2) is 16.6 Å². The van der Waals surface area contributed by atoms with Gasteiger partial charge < -0.3 is 10.4 Å². The molecule has 112 valence electrons. The fraction of sp³-hybridized carbons (Fsp3) is 0.471. The summed E-state index contributed by atoms with van der Waals surface area (Å²) in [7, 11) is 0. The maximum absolute atomic E-state index is 10.4. The zero-order chi connectivity index (χ0) is 14.8. The lowest BCUT2D eigenvalue weighted by Gasteiger charge is -2.24. The molecule has 0 radical (unpaired) electrons. The van der Waals surface area contributed by atoms with Gasteiger partial charge in [-0.3, -0.25) is 0 Å². The monoisotopic (exact) mass is 302 g/mol. The molecular weight excluding hydrogens is 280 g/mol. The Balaban J connectivity index is 1.67. The molecule has 2 unspecified atom stereocenters. The molecule has 1 aliphatic carbocycles. The first-order valence-corrected chi connectivity index (χ1v) is 8.40. The third-order valence-corrected chi connectivity index (χ3v) is 5.29. The number of fused-ring (bicyclic) bond motifs is 1. The van der Waals surface area contributed by atoms with E-state index in [9.17, 15) is 5.11 Å². The van der Waals surface area contributed by atoms with Crippen LogP contribution >= 0.6 is 11.3 Å². The van der Waals surface area contributed by atoms with Crippen LogP contribution in [0.5, 0.6) is 0 Å². The maximum Gasteiger partial charge on any atom is 0.0917 e. The second-order valence-corrected chi connectivity index (χ2v) is 7.00. The van der Waals surface area contributed by atoms with Gasteiger partial charge in [0.15, 0.2) is 0 Å². The molecule has 0 spiro atoms. The van der Waals surface area contributed by atoms with Gasteiger partial charge in [0.1, 0.15) is 0 Å². The van der Waals surface area contributed by atoms with Crippen molar-refractivity contribution in [3.63, 3.8) is 0 Å². The van der Waals surface area contributed by atoms with Gasteiger partial charge in [-0.15, -0.1) is 11.3 Å². The Labute approximate surface area is 130 Å². The normalized spacial score (nSPS) is 19.3. The fourth-order valence-electron chi connectivity index (χ4n) is 3.06. The van der Waals surface area contributed by atoms with E-state index in [1.54, 1.807) is 11.3 Å². The van der Waals surface area contributed by atoms with Gasteiger partial charge in [0.25, 0.3) is 0 Å². The van der Waals surface area contributed by atoms with E-state index in [1.165, 1.54) is 17.0 Å². The van der Waals surface area contributed by atoms with Gasteiger partial charge in [-0.2, -0.15) is 0 Å². The minimum Gasteiger partial charge on any atom is -0.387 e. The maximum atomic E-state index is 10.4. The fourth-order valence-corrected chi connectivity index (χ4v) is 4.14. The molecule has 0 aliphatic heterocycles. The lowest BCUT2D eigenvalue weighted by molar-refractivity contribution is 0.167. The van der Waals surface area contributed by atoms with Gasteiger partial charge in [-0.25, -0.2) is 4.98 Å². The number of aliphatic hydroxyl groups excluding tert-OH is 1. The minimum atomic E-state index is -0.453. The molecule has 2 aromatic rings. The Morgan fingerprint density at radius 1 is 1.38 bits per heavy atom. The van der Waals surface area contributed by atoms with E-state index in [0.717, 1.165) is 29.0 Å². The molecule has 3 rings (SSSR count). The Hall–Kier alpha value is -1.23. The lowest BCUT2D eigenvalue weighted by atomic mass is 9.97. The van der Waals surface area contributed by atoms with E-state index in [0.29, 0.717) is 12.6 Å². The van der Waals surface area contributed by atoms with Gasteiger partial charge >= 0.3 is 0 Å².